The van der Waals surface area contributed by atoms with Crippen LogP contribution in [0.25, 0.3) is 10.1 Å². The van der Waals surface area contributed by atoms with Crippen molar-refractivity contribution in [3.8, 4) is 0 Å². The van der Waals surface area contributed by atoms with Gasteiger partial charge in [0.25, 0.3) is 0 Å². The van der Waals surface area contributed by atoms with E-state index in [0.717, 1.165) is 46.2 Å². The quantitative estimate of drug-likeness (QED) is 0.389. The first-order chi connectivity index (χ1) is 14.0. The number of hydrogen-bond acceptors (Lipinski definition) is 4. The van der Waals surface area contributed by atoms with Gasteiger partial charge < -0.3 is 10.2 Å². The third-order valence-electron chi connectivity index (χ3n) is 5.61. The molecule has 1 heterocycles. The Morgan fingerprint density at radius 2 is 1.97 bits per heavy atom. The molecule has 4 nitrogen and oxygen atoms in total. The van der Waals surface area contributed by atoms with E-state index in [1.54, 1.807) is 23.5 Å². The van der Waals surface area contributed by atoms with Crippen molar-refractivity contribution in [2.45, 2.75) is 51.6 Å². The smallest absolute Gasteiger partial charge is 0.303 e. The van der Waals surface area contributed by atoms with Gasteiger partial charge in [0.1, 0.15) is 6.10 Å². The lowest BCUT2D eigenvalue weighted by Crippen LogP contribution is -2.15. The SMILES string of the molecule is CC1=CC(=O)[C@H](C=CC(O)c2cc3ccccc3s2)[C@H]1CCCCCCC(=O)O. The van der Waals surface area contributed by atoms with E-state index in [-0.39, 0.29) is 24.0 Å². The number of aliphatic carboxylic acids is 1. The molecule has 1 unspecified atom stereocenters. The summed E-state index contributed by atoms with van der Waals surface area (Å²) in [7, 11) is 0. The molecule has 29 heavy (non-hydrogen) atoms. The van der Waals surface area contributed by atoms with Crippen LogP contribution in [-0.4, -0.2) is 22.0 Å². The molecule has 3 rings (SSSR count). The van der Waals surface area contributed by atoms with Crippen LogP contribution in [0, 0.1) is 11.8 Å². The maximum Gasteiger partial charge on any atom is 0.303 e. The number of rotatable bonds is 10. The monoisotopic (exact) mass is 412 g/mol. The zero-order valence-corrected chi connectivity index (χ0v) is 17.5. The van der Waals surface area contributed by atoms with Gasteiger partial charge in [-0.15, -0.1) is 11.3 Å². The highest BCUT2D eigenvalue weighted by atomic mass is 32.1. The van der Waals surface area contributed by atoms with Gasteiger partial charge in [-0.3, -0.25) is 9.59 Å². The number of fused-ring (bicyclic) bond motifs is 1. The second-order valence-corrected chi connectivity index (χ2v) is 8.90. The number of thiophene rings is 1. The van der Waals surface area contributed by atoms with Gasteiger partial charge in [0.2, 0.25) is 0 Å². The van der Waals surface area contributed by atoms with Crippen LogP contribution in [-0.2, 0) is 9.59 Å². The summed E-state index contributed by atoms with van der Waals surface area (Å²) in [4.78, 5) is 23.9. The summed E-state index contributed by atoms with van der Waals surface area (Å²) in [5, 5.41) is 20.4. The first-order valence-electron chi connectivity index (χ1n) is 10.2. The average molecular weight is 413 g/mol. The molecule has 0 bridgehead atoms. The summed E-state index contributed by atoms with van der Waals surface area (Å²) in [5.74, 6) is -0.670. The van der Waals surface area contributed by atoms with Crippen LogP contribution in [0.4, 0.5) is 0 Å². The standard InChI is InChI=1S/C24H28O4S/c1-16-14-21(26)19(18(16)9-4-2-3-5-11-24(27)28)12-13-20(25)23-15-17-8-6-7-10-22(17)29-23/h6-8,10,12-15,18-20,25H,2-5,9,11H2,1H3,(H,27,28)/t18-,19+,20?/m0/s1. The number of benzene rings is 1. The first kappa shape index (κ1) is 21.5. The summed E-state index contributed by atoms with van der Waals surface area (Å²) in [5.41, 5.74) is 1.10. The van der Waals surface area contributed by atoms with Gasteiger partial charge in [0, 0.05) is 21.9 Å². The Labute approximate surface area is 175 Å². The number of carbonyl (C=O) groups is 2. The molecule has 1 aliphatic carbocycles. The predicted octanol–water partition coefficient (Wildman–Crippen LogP) is 5.68. The van der Waals surface area contributed by atoms with Gasteiger partial charge in [0.05, 0.1) is 0 Å². The van der Waals surface area contributed by atoms with Crippen molar-refractivity contribution >= 4 is 33.2 Å². The normalized spacial score (nSPS) is 20.5. The van der Waals surface area contributed by atoms with Gasteiger partial charge in [-0.05, 0) is 49.3 Å². The fourth-order valence-electron chi connectivity index (χ4n) is 4.01. The van der Waals surface area contributed by atoms with Crippen molar-refractivity contribution in [1.82, 2.24) is 0 Å². The number of carboxylic acid groups (broad SMARTS) is 1. The molecule has 0 radical (unpaired) electrons. The third-order valence-corrected chi connectivity index (χ3v) is 6.80. The highest BCUT2D eigenvalue weighted by Crippen LogP contribution is 2.36. The van der Waals surface area contributed by atoms with Crippen LogP contribution >= 0.6 is 11.3 Å². The van der Waals surface area contributed by atoms with E-state index in [9.17, 15) is 14.7 Å². The Morgan fingerprint density at radius 1 is 1.21 bits per heavy atom. The summed E-state index contributed by atoms with van der Waals surface area (Å²) < 4.78 is 1.14. The van der Waals surface area contributed by atoms with Crippen molar-refractivity contribution in [1.29, 1.82) is 0 Å². The molecule has 3 atom stereocenters. The van der Waals surface area contributed by atoms with Crippen LogP contribution in [0.5, 0.6) is 0 Å². The van der Waals surface area contributed by atoms with Gasteiger partial charge in [-0.25, -0.2) is 0 Å². The fourth-order valence-corrected chi connectivity index (χ4v) is 5.04. The van der Waals surface area contributed by atoms with Gasteiger partial charge >= 0.3 is 5.97 Å². The molecule has 2 aromatic rings. The van der Waals surface area contributed by atoms with E-state index < -0.39 is 12.1 Å². The minimum atomic E-state index is -0.743. The van der Waals surface area contributed by atoms with Crippen molar-refractivity contribution in [3.05, 3.63) is 59.0 Å². The molecule has 1 aromatic carbocycles. The lowest BCUT2D eigenvalue weighted by Gasteiger charge is -2.18. The van der Waals surface area contributed by atoms with Crippen molar-refractivity contribution in [2.24, 2.45) is 11.8 Å². The van der Waals surface area contributed by atoms with Crippen molar-refractivity contribution in [3.63, 3.8) is 0 Å². The highest BCUT2D eigenvalue weighted by molar-refractivity contribution is 7.19. The van der Waals surface area contributed by atoms with E-state index in [2.05, 4.69) is 0 Å². The average Bonchev–Trinajstić information content (AvgIpc) is 3.23. The number of unbranched alkanes of at least 4 members (excludes halogenated alkanes) is 3. The third kappa shape index (κ3) is 5.64. The summed E-state index contributed by atoms with van der Waals surface area (Å²) in [6.45, 7) is 2.00. The molecule has 2 N–H and O–H groups in total. The minimum absolute atomic E-state index is 0.109. The van der Waals surface area contributed by atoms with Crippen LogP contribution in [0.1, 0.15) is 56.4 Å². The predicted molar refractivity (Wildman–Crippen MR) is 117 cm³/mol. The molecule has 0 saturated heterocycles. The van der Waals surface area contributed by atoms with E-state index >= 15 is 0 Å². The van der Waals surface area contributed by atoms with Gasteiger partial charge in [0.15, 0.2) is 5.78 Å². The van der Waals surface area contributed by atoms with Crippen LogP contribution < -0.4 is 0 Å². The molecule has 0 aliphatic heterocycles. The van der Waals surface area contributed by atoms with Crippen LogP contribution in [0.3, 0.4) is 0 Å². The Morgan fingerprint density at radius 3 is 2.72 bits per heavy atom. The minimum Gasteiger partial charge on any atom is -0.481 e. The van der Waals surface area contributed by atoms with E-state index in [4.69, 9.17) is 5.11 Å². The topological polar surface area (TPSA) is 74.6 Å². The molecule has 0 saturated carbocycles. The molecule has 154 valence electrons. The number of carboxylic acids is 1. The second kappa shape index (κ2) is 9.99. The Balaban J connectivity index is 1.57. The summed E-state index contributed by atoms with van der Waals surface area (Å²) >= 11 is 1.57. The lowest BCUT2D eigenvalue weighted by molar-refractivity contribution is -0.137. The summed E-state index contributed by atoms with van der Waals surface area (Å²) in [6, 6.07) is 10.1. The Kier molecular flexibility index (Phi) is 7.40. The van der Waals surface area contributed by atoms with E-state index in [1.165, 1.54) is 0 Å². The van der Waals surface area contributed by atoms with Gasteiger partial charge in [-0.1, -0.05) is 55.2 Å². The first-order valence-corrected chi connectivity index (χ1v) is 11.1. The number of aliphatic hydroxyl groups excluding tert-OH is 1. The highest BCUT2D eigenvalue weighted by Gasteiger charge is 2.31. The molecule has 0 amide bonds. The Bertz CT molecular complexity index is 891. The van der Waals surface area contributed by atoms with Crippen LogP contribution in [0.15, 0.2) is 54.1 Å². The van der Waals surface area contributed by atoms with Crippen molar-refractivity contribution in [2.75, 3.05) is 0 Å². The number of hydrogen-bond donors (Lipinski definition) is 2. The zero-order valence-electron chi connectivity index (χ0n) is 16.7. The number of aliphatic hydroxyl groups is 1. The molecule has 5 heteroatoms. The summed E-state index contributed by atoms with van der Waals surface area (Å²) in [6.07, 6.45) is 9.35. The molecular formula is C24H28O4S. The maximum atomic E-state index is 12.4. The largest absolute Gasteiger partial charge is 0.481 e. The maximum absolute atomic E-state index is 12.4. The van der Waals surface area contributed by atoms with E-state index in [0.29, 0.717) is 6.42 Å². The van der Waals surface area contributed by atoms with Gasteiger partial charge in [-0.2, -0.15) is 0 Å². The number of ketones is 1. The zero-order chi connectivity index (χ0) is 20.8. The van der Waals surface area contributed by atoms with Crippen molar-refractivity contribution < 1.29 is 19.8 Å². The number of allylic oxidation sites excluding steroid dienone is 3. The Hall–Kier alpha value is -2.24. The molecular weight excluding hydrogens is 384 g/mol. The second-order valence-electron chi connectivity index (χ2n) is 7.79. The molecule has 1 aliphatic rings. The molecule has 1 aromatic heterocycles. The fraction of sp³-hybridized carbons (Fsp3) is 0.417. The number of carbonyl (C=O) groups excluding carboxylic acids is 1. The molecule has 0 fully saturated rings. The molecule has 0 spiro atoms. The lowest BCUT2D eigenvalue weighted by atomic mass is 9.86. The van der Waals surface area contributed by atoms with Crippen LogP contribution in [0.2, 0.25) is 0 Å². The van der Waals surface area contributed by atoms with E-state index in [1.807, 2.05) is 43.3 Å².